The molecule has 28 heavy (non-hydrogen) atoms. The van der Waals surface area contributed by atoms with Crippen LogP contribution in [0.3, 0.4) is 0 Å². The highest BCUT2D eigenvalue weighted by molar-refractivity contribution is 6.35. The van der Waals surface area contributed by atoms with E-state index >= 15 is 0 Å². The minimum atomic E-state index is -0.521. The lowest BCUT2D eigenvalue weighted by molar-refractivity contribution is -0.384. The van der Waals surface area contributed by atoms with Crippen LogP contribution in [0.15, 0.2) is 46.4 Å². The number of anilines is 1. The van der Waals surface area contributed by atoms with Gasteiger partial charge in [0.05, 0.1) is 11.0 Å². The largest absolute Gasteiger partial charge is 0.451 e. The fourth-order valence-corrected chi connectivity index (χ4v) is 3.48. The highest BCUT2D eigenvalue weighted by Gasteiger charge is 2.27. The number of hydrogen-bond acceptors (Lipinski definition) is 7. The summed E-state index contributed by atoms with van der Waals surface area (Å²) in [4.78, 5) is 19.4. The van der Waals surface area contributed by atoms with Gasteiger partial charge in [0.1, 0.15) is 32.1 Å². The Morgan fingerprint density at radius 2 is 1.43 bits per heavy atom. The summed E-state index contributed by atoms with van der Waals surface area (Å²) in [5.74, 6) is 1.04. The third kappa shape index (κ3) is 2.39. The van der Waals surface area contributed by atoms with Crippen LogP contribution in [0.1, 0.15) is 0 Å². The molecule has 2 heterocycles. The SMILES string of the molecule is Nc1ccc2c(c1)Oc1c(Cl)c3c(c(Cl)c1=N2)Oc1cc([N+](=O)[O-])ccc1N=3. The maximum absolute atomic E-state index is 11.0. The van der Waals surface area contributed by atoms with Gasteiger partial charge in [-0.15, -0.1) is 0 Å². The Hall–Kier alpha value is -3.36. The van der Waals surface area contributed by atoms with Crippen molar-refractivity contribution < 1.29 is 14.4 Å². The third-order valence-electron chi connectivity index (χ3n) is 4.27. The molecule has 8 nitrogen and oxygen atoms in total. The summed E-state index contributed by atoms with van der Waals surface area (Å²) < 4.78 is 11.7. The number of rotatable bonds is 1. The van der Waals surface area contributed by atoms with E-state index in [2.05, 4.69) is 9.98 Å². The monoisotopic (exact) mass is 414 g/mol. The Balaban J connectivity index is 1.77. The van der Waals surface area contributed by atoms with Crippen molar-refractivity contribution in [2.24, 2.45) is 9.98 Å². The Morgan fingerprint density at radius 3 is 2.00 bits per heavy atom. The van der Waals surface area contributed by atoms with Gasteiger partial charge in [-0.3, -0.25) is 10.1 Å². The number of non-ortho nitro benzene ring substituents is 1. The minimum Gasteiger partial charge on any atom is -0.451 e. The first-order chi connectivity index (χ1) is 13.4. The van der Waals surface area contributed by atoms with Gasteiger partial charge in [-0.2, -0.15) is 0 Å². The van der Waals surface area contributed by atoms with Crippen LogP contribution in [-0.4, -0.2) is 4.92 Å². The zero-order valence-corrected chi connectivity index (χ0v) is 15.3. The zero-order chi connectivity index (χ0) is 19.6. The van der Waals surface area contributed by atoms with Crippen molar-refractivity contribution in [3.63, 3.8) is 0 Å². The van der Waals surface area contributed by atoms with Gasteiger partial charge in [-0.05, 0) is 18.2 Å². The molecule has 0 radical (unpaired) electrons. The highest BCUT2D eigenvalue weighted by Crippen LogP contribution is 2.43. The van der Waals surface area contributed by atoms with E-state index in [1.807, 2.05) is 0 Å². The molecule has 10 heteroatoms. The fourth-order valence-electron chi connectivity index (χ4n) is 2.96. The Labute approximate surface area is 166 Å². The molecule has 2 aliphatic heterocycles. The Bertz CT molecular complexity index is 1340. The van der Waals surface area contributed by atoms with Crippen molar-refractivity contribution in [3.05, 3.63) is 67.3 Å². The predicted molar refractivity (Wildman–Crippen MR) is 102 cm³/mol. The number of nitrogen functional groups attached to an aromatic ring is 1. The predicted octanol–water partition coefficient (Wildman–Crippen LogP) is 4.60. The van der Waals surface area contributed by atoms with E-state index in [0.29, 0.717) is 22.8 Å². The van der Waals surface area contributed by atoms with E-state index in [9.17, 15) is 10.1 Å². The molecule has 0 bridgehead atoms. The van der Waals surface area contributed by atoms with Crippen molar-refractivity contribution in [1.82, 2.24) is 0 Å². The van der Waals surface area contributed by atoms with Crippen LogP contribution < -0.4 is 25.9 Å². The quantitative estimate of drug-likeness (QED) is 0.244. The van der Waals surface area contributed by atoms with Crippen LogP contribution >= 0.6 is 23.2 Å². The summed E-state index contributed by atoms with van der Waals surface area (Å²) in [6.45, 7) is 0. The normalized spacial score (nSPS) is 12.8. The van der Waals surface area contributed by atoms with Crippen LogP contribution in [0.4, 0.5) is 22.7 Å². The van der Waals surface area contributed by atoms with E-state index < -0.39 is 4.92 Å². The number of ether oxygens (including phenoxy) is 2. The first kappa shape index (κ1) is 16.8. The second-order valence-electron chi connectivity index (χ2n) is 6.05. The molecule has 0 saturated heterocycles. The Kier molecular flexibility index (Phi) is 3.49. The van der Waals surface area contributed by atoms with Gasteiger partial charge in [0.15, 0.2) is 23.0 Å². The lowest BCUT2D eigenvalue weighted by Gasteiger charge is -2.20. The van der Waals surface area contributed by atoms with Crippen LogP contribution in [0.2, 0.25) is 10.0 Å². The van der Waals surface area contributed by atoms with Gasteiger partial charge in [-0.25, -0.2) is 9.98 Å². The first-order valence-electron chi connectivity index (χ1n) is 7.94. The summed E-state index contributed by atoms with van der Waals surface area (Å²) in [6.07, 6.45) is 0. The number of halogens is 2. The molecule has 0 fully saturated rings. The summed E-state index contributed by atoms with van der Waals surface area (Å²) in [5, 5.41) is 11.9. The summed E-state index contributed by atoms with van der Waals surface area (Å²) in [5.41, 5.74) is 7.10. The van der Waals surface area contributed by atoms with E-state index in [1.165, 1.54) is 18.2 Å². The van der Waals surface area contributed by atoms with Gasteiger partial charge in [0.2, 0.25) is 0 Å². The number of nitro groups is 1. The van der Waals surface area contributed by atoms with E-state index in [1.54, 1.807) is 18.2 Å². The van der Waals surface area contributed by atoms with Crippen LogP contribution in [0, 0.1) is 10.1 Å². The van der Waals surface area contributed by atoms with Gasteiger partial charge in [-0.1, -0.05) is 23.2 Å². The average molecular weight is 415 g/mol. The van der Waals surface area contributed by atoms with Crippen molar-refractivity contribution in [2.75, 3.05) is 5.73 Å². The molecule has 2 N–H and O–H groups in total. The van der Waals surface area contributed by atoms with Gasteiger partial charge >= 0.3 is 0 Å². The van der Waals surface area contributed by atoms with Crippen LogP contribution in [0.25, 0.3) is 0 Å². The topological polar surface area (TPSA) is 112 Å². The summed E-state index contributed by atoms with van der Waals surface area (Å²) in [7, 11) is 0. The molecular weight excluding hydrogens is 407 g/mol. The molecule has 0 unspecified atom stereocenters. The molecule has 0 aromatic heterocycles. The fraction of sp³-hybridized carbons (Fsp3) is 0. The third-order valence-corrected chi connectivity index (χ3v) is 4.97. The molecule has 0 saturated carbocycles. The number of benzene rings is 3. The zero-order valence-electron chi connectivity index (χ0n) is 13.8. The number of hydrogen-bond donors (Lipinski definition) is 1. The molecular formula is C18H8Cl2N4O4. The van der Waals surface area contributed by atoms with Crippen molar-refractivity contribution in [3.8, 4) is 23.0 Å². The standard InChI is InChI=1S/C18H8Cl2N4O4/c19-13-16-18(28-12-6-8(24(25)26)2-4-10(12)23-16)14(20)15-17(13)27-11-5-7(21)1-3-9(11)22-15/h1-6H,21H2. The minimum absolute atomic E-state index is 0.128. The molecule has 0 spiro atoms. The lowest BCUT2D eigenvalue weighted by atomic mass is 10.2. The number of nitrogens with two attached hydrogens (primary N) is 1. The molecule has 3 aromatic carbocycles. The summed E-state index contributed by atoms with van der Waals surface area (Å²) >= 11 is 13.0. The van der Waals surface area contributed by atoms with E-state index in [0.717, 1.165) is 0 Å². The van der Waals surface area contributed by atoms with E-state index in [-0.39, 0.29) is 43.7 Å². The average Bonchev–Trinajstić information content (AvgIpc) is 2.69. The molecule has 2 aliphatic rings. The van der Waals surface area contributed by atoms with Crippen molar-refractivity contribution in [2.45, 2.75) is 0 Å². The molecule has 138 valence electrons. The molecule has 5 rings (SSSR count). The van der Waals surface area contributed by atoms with Gasteiger partial charge < -0.3 is 15.2 Å². The lowest BCUT2D eigenvalue weighted by Crippen LogP contribution is -2.22. The van der Waals surface area contributed by atoms with Crippen molar-refractivity contribution in [1.29, 1.82) is 0 Å². The number of nitrogens with zero attached hydrogens (tertiary/aromatic N) is 3. The second-order valence-corrected chi connectivity index (χ2v) is 6.80. The van der Waals surface area contributed by atoms with Crippen LogP contribution in [-0.2, 0) is 0 Å². The maximum Gasteiger partial charge on any atom is 0.273 e. The molecule has 3 aromatic rings. The Morgan fingerprint density at radius 1 is 0.893 bits per heavy atom. The first-order valence-corrected chi connectivity index (χ1v) is 8.70. The highest BCUT2D eigenvalue weighted by atomic mass is 35.5. The van der Waals surface area contributed by atoms with E-state index in [4.69, 9.17) is 38.4 Å². The second kappa shape index (κ2) is 5.82. The molecule has 0 atom stereocenters. The number of fused-ring (bicyclic) bond motifs is 4. The maximum atomic E-state index is 11.0. The smallest absolute Gasteiger partial charge is 0.273 e. The van der Waals surface area contributed by atoms with Gasteiger partial charge in [0, 0.05) is 17.8 Å². The summed E-state index contributed by atoms with van der Waals surface area (Å²) in [6, 6.07) is 9.09. The van der Waals surface area contributed by atoms with Gasteiger partial charge in [0.25, 0.3) is 5.69 Å². The van der Waals surface area contributed by atoms with Crippen LogP contribution in [0.5, 0.6) is 23.0 Å². The number of nitro benzene ring substituents is 1. The molecule has 0 aliphatic carbocycles. The molecule has 0 amide bonds. The van der Waals surface area contributed by atoms with Crippen molar-refractivity contribution >= 4 is 46.0 Å².